The highest BCUT2D eigenvalue weighted by atomic mass is 19.2. The van der Waals surface area contributed by atoms with Gasteiger partial charge >= 0.3 is 0 Å². The van der Waals surface area contributed by atoms with Crippen molar-refractivity contribution in [2.75, 3.05) is 13.2 Å². The van der Waals surface area contributed by atoms with Gasteiger partial charge < -0.3 is 14.2 Å². The fourth-order valence-electron chi connectivity index (χ4n) is 3.96. The molecule has 0 aromatic heterocycles. The first-order valence-electron chi connectivity index (χ1n) is 11.3. The Hall–Kier alpha value is -3.18. The van der Waals surface area contributed by atoms with Crippen molar-refractivity contribution in [1.82, 2.24) is 0 Å². The molecule has 1 saturated heterocycles. The first-order valence-corrected chi connectivity index (χ1v) is 11.3. The van der Waals surface area contributed by atoms with Gasteiger partial charge in [-0.05, 0) is 54.2 Å². The number of benzene rings is 3. The van der Waals surface area contributed by atoms with Crippen LogP contribution in [-0.2, 0) is 11.3 Å². The lowest BCUT2D eigenvalue weighted by atomic mass is 9.93. The van der Waals surface area contributed by atoms with Crippen molar-refractivity contribution in [2.45, 2.75) is 32.5 Å². The molecule has 33 heavy (non-hydrogen) atoms. The van der Waals surface area contributed by atoms with Crippen LogP contribution in [0, 0.1) is 17.6 Å². The van der Waals surface area contributed by atoms with E-state index in [2.05, 4.69) is 30.8 Å². The van der Waals surface area contributed by atoms with Gasteiger partial charge in [-0.2, -0.15) is 8.78 Å². The van der Waals surface area contributed by atoms with Crippen molar-refractivity contribution in [2.24, 2.45) is 5.92 Å². The lowest BCUT2D eigenvalue weighted by molar-refractivity contribution is -0.00513. The zero-order chi connectivity index (χ0) is 23.2. The molecule has 0 spiro atoms. The first-order chi connectivity index (χ1) is 16.1. The van der Waals surface area contributed by atoms with E-state index in [-0.39, 0.29) is 30.8 Å². The second-order valence-electron chi connectivity index (χ2n) is 8.13. The van der Waals surface area contributed by atoms with Crippen LogP contribution in [0.15, 0.2) is 73.3 Å². The van der Waals surface area contributed by atoms with E-state index >= 15 is 0 Å². The Morgan fingerprint density at radius 2 is 1.48 bits per heavy atom. The smallest absolute Gasteiger partial charge is 0.204 e. The van der Waals surface area contributed by atoms with Gasteiger partial charge in [0.25, 0.3) is 0 Å². The molecule has 0 saturated carbocycles. The predicted molar refractivity (Wildman–Crippen MR) is 125 cm³/mol. The molecule has 3 nitrogen and oxygen atoms in total. The number of hydrogen-bond acceptors (Lipinski definition) is 3. The molecule has 172 valence electrons. The second kappa shape index (κ2) is 10.6. The van der Waals surface area contributed by atoms with Gasteiger partial charge in [0.15, 0.2) is 11.5 Å². The molecule has 4 rings (SSSR count). The standard InChI is InChI=1S/C28H28F2O3/c1-3-19-7-14-24(32-17-19)23-12-10-22(11-13-23)21-8-5-20(6-9-21)18-33-26-16-15-25(31-4-2)27(29)28(26)30/h3,5-6,8-13,15-16,19,24H,1,4,7,14,17-18H2,2H3. The largest absolute Gasteiger partial charge is 0.491 e. The van der Waals surface area contributed by atoms with Crippen LogP contribution in [0.1, 0.15) is 37.0 Å². The third-order valence-electron chi connectivity index (χ3n) is 5.92. The highest BCUT2D eigenvalue weighted by Gasteiger charge is 2.21. The number of ether oxygens (including phenoxy) is 3. The summed E-state index contributed by atoms with van der Waals surface area (Å²) in [6.07, 6.45) is 4.22. The second-order valence-corrected chi connectivity index (χ2v) is 8.13. The topological polar surface area (TPSA) is 27.7 Å². The molecule has 1 fully saturated rings. The summed E-state index contributed by atoms with van der Waals surface area (Å²) >= 11 is 0. The highest BCUT2D eigenvalue weighted by Crippen LogP contribution is 2.32. The van der Waals surface area contributed by atoms with Crippen LogP contribution in [0.25, 0.3) is 11.1 Å². The van der Waals surface area contributed by atoms with E-state index in [0.29, 0.717) is 5.92 Å². The van der Waals surface area contributed by atoms with E-state index in [1.807, 2.05) is 30.3 Å². The van der Waals surface area contributed by atoms with Crippen LogP contribution < -0.4 is 9.47 Å². The molecule has 2 atom stereocenters. The lowest BCUT2D eigenvalue weighted by Crippen LogP contribution is -2.19. The van der Waals surface area contributed by atoms with Crippen LogP contribution in [0.4, 0.5) is 8.78 Å². The van der Waals surface area contributed by atoms with Crippen LogP contribution in [0.3, 0.4) is 0 Å². The zero-order valence-corrected chi connectivity index (χ0v) is 18.7. The fourth-order valence-corrected chi connectivity index (χ4v) is 3.96. The van der Waals surface area contributed by atoms with Crippen molar-refractivity contribution in [3.05, 3.63) is 96.1 Å². The monoisotopic (exact) mass is 450 g/mol. The molecule has 3 aromatic carbocycles. The average molecular weight is 451 g/mol. The molecule has 0 bridgehead atoms. The maximum absolute atomic E-state index is 14.2. The van der Waals surface area contributed by atoms with Crippen molar-refractivity contribution in [3.8, 4) is 22.6 Å². The SMILES string of the molecule is C=CC1CCC(c2ccc(-c3ccc(COc4ccc(OCC)c(F)c4F)cc3)cc2)OC1. The summed E-state index contributed by atoms with van der Waals surface area (Å²) in [5.74, 6) is -1.88. The van der Waals surface area contributed by atoms with Crippen LogP contribution in [0.2, 0.25) is 0 Å². The minimum atomic E-state index is -1.04. The summed E-state index contributed by atoms with van der Waals surface area (Å²) in [7, 11) is 0. The van der Waals surface area contributed by atoms with Gasteiger partial charge in [0.2, 0.25) is 11.6 Å². The van der Waals surface area contributed by atoms with Gasteiger partial charge in [0.05, 0.1) is 19.3 Å². The van der Waals surface area contributed by atoms with Crippen molar-refractivity contribution < 1.29 is 23.0 Å². The molecular weight excluding hydrogens is 422 g/mol. The first kappa shape index (κ1) is 23.0. The molecule has 0 amide bonds. The molecule has 1 heterocycles. The number of rotatable bonds is 8. The Labute approximate surface area is 193 Å². The van der Waals surface area contributed by atoms with Gasteiger partial charge in [0, 0.05) is 5.92 Å². The van der Waals surface area contributed by atoms with Gasteiger partial charge in [-0.25, -0.2) is 0 Å². The van der Waals surface area contributed by atoms with Crippen LogP contribution in [-0.4, -0.2) is 13.2 Å². The van der Waals surface area contributed by atoms with Gasteiger partial charge in [-0.1, -0.05) is 54.6 Å². The summed E-state index contributed by atoms with van der Waals surface area (Å²) in [6, 6.07) is 19.0. The zero-order valence-electron chi connectivity index (χ0n) is 18.7. The molecular formula is C28H28F2O3. The number of hydrogen-bond donors (Lipinski definition) is 0. The minimum absolute atomic E-state index is 0.117. The van der Waals surface area contributed by atoms with Crippen molar-refractivity contribution in [3.63, 3.8) is 0 Å². The van der Waals surface area contributed by atoms with E-state index in [4.69, 9.17) is 14.2 Å². The maximum atomic E-state index is 14.2. The van der Waals surface area contributed by atoms with E-state index in [1.165, 1.54) is 17.7 Å². The Balaban J connectivity index is 1.37. The summed E-state index contributed by atoms with van der Waals surface area (Å²) in [5.41, 5.74) is 4.22. The van der Waals surface area contributed by atoms with E-state index in [1.54, 1.807) is 6.92 Å². The Morgan fingerprint density at radius 1 is 0.879 bits per heavy atom. The number of halogens is 2. The molecule has 3 aromatic rings. The molecule has 2 unspecified atom stereocenters. The molecule has 1 aliphatic rings. The van der Waals surface area contributed by atoms with Gasteiger partial charge in [-0.3, -0.25) is 0 Å². The Kier molecular flexibility index (Phi) is 7.40. The molecule has 0 radical (unpaired) electrons. The van der Waals surface area contributed by atoms with Crippen molar-refractivity contribution in [1.29, 1.82) is 0 Å². The van der Waals surface area contributed by atoms with Crippen LogP contribution >= 0.6 is 0 Å². The Morgan fingerprint density at radius 3 is 2.03 bits per heavy atom. The van der Waals surface area contributed by atoms with E-state index < -0.39 is 11.6 Å². The average Bonchev–Trinajstić information content (AvgIpc) is 2.87. The normalized spacial score (nSPS) is 18.0. The molecule has 0 N–H and O–H groups in total. The molecule has 5 heteroatoms. The third kappa shape index (κ3) is 5.42. The Bertz CT molecular complexity index is 1070. The van der Waals surface area contributed by atoms with Gasteiger partial charge in [-0.15, -0.1) is 6.58 Å². The van der Waals surface area contributed by atoms with Gasteiger partial charge in [0.1, 0.15) is 6.61 Å². The highest BCUT2D eigenvalue weighted by molar-refractivity contribution is 5.64. The lowest BCUT2D eigenvalue weighted by Gasteiger charge is -2.27. The summed E-state index contributed by atoms with van der Waals surface area (Å²) in [6.45, 7) is 6.69. The molecule has 1 aliphatic heterocycles. The van der Waals surface area contributed by atoms with Crippen LogP contribution in [0.5, 0.6) is 11.5 Å². The van der Waals surface area contributed by atoms with E-state index in [0.717, 1.165) is 36.1 Å². The summed E-state index contributed by atoms with van der Waals surface area (Å²) in [4.78, 5) is 0. The van der Waals surface area contributed by atoms with Crippen molar-refractivity contribution >= 4 is 0 Å². The quantitative estimate of drug-likeness (QED) is 0.338. The summed E-state index contributed by atoms with van der Waals surface area (Å²) in [5, 5.41) is 0. The predicted octanol–water partition coefficient (Wildman–Crippen LogP) is 7.26. The fraction of sp³-hybridized carbons (Fsp3) is 0.286. The minimum Gasteiger partial charge on any atom is -0.491 e. The third-order valence-corrected chi connectivity index (χ3v) is 5.92. The maximum Gasteiger partial charge on any atom is 0.204 e. The summed E-state index contributed by atoms with van der Waals surface area (Å²) < 4.78 is 44.7. The van der Waals surface area contributed by atoms with E-state index in [9.17, 15) is 8.78 Å². The molecule has 0 aliphatic carbocycles.